The van der Waals surface area contributed by atoms with Crippen molar-refractivity contribution in [3.63, 3.8) is 0 Å². The average molecular weight is 1700 g/mol. The number of nitrogens with one attached hydrogen (secondary N) is 26. The molecule has 0 bridgehead atoms. The summed E-state index contributed by atoms with van der Waals surface area (Å²) in [4.78, 5) is 184. The predicted molar refractivity (Wildman–Crippen MR) is 443 cm³/mol. The maximum absolute atomic E-state index is 15.0. The van der Waals surface area contributed by atoms with E-state index >= 15 is 0 Å². The van der Waals surface area contributed by atoms with Crippen molar-refractivity contribution in [2.75, 3.05) is 59.1 Å². The molecular formula is C71H119N35O15. The number of carbonyl (C=O) groups excluding carboxylic acids is 12. The molecule has 0 aromatic heterocycles. The minimum Gasteiger partial charge on any atom is -0.480 e. The fourth-order valence-corrected chi connectivity index (χ4v) is 12.0. The summed E-state index contributed by atoms with van der Waals surface area (Å²) in [6, 6.07) is 1.94. The van der Waals surface area contributed by atoms with Crippen molar-refractivity contribution >= 4 is 125 Å². The Balaban J connectivity index is 2.00. The number of benzene rings is 2. The monoisotopic (exact) mass is 1700 g/mol. The molecule has 121 heavy (non-hydrogen) atoms. The number of urea groups is 1. The molecule has 1 fully saturated rings. The van der Waals surface area contributed by atoms with E-state index in [1.54, 1.807) is 60.7 Å². The third-order valence-corrected chi connectivity index (χ3v) is 18.1. The number of nitrogens with zero attached hydrogens (tertiary/aromatic N) is 1. The number of ether oxygens (including phenoxy) is 1. The van der Waals surface area contributed by atoms with Crippen molar-refractivity contribution in [2.45, 2.75) is 182 Å². The summed E-state index contributed by atoms with van der Waals surface area (Å²) in [6.45, 7) is 0.270. The van der Waals surface area contributed by atoms with Gasteiger partial charge in [-0.15, -0.1) is 0 Å². The van der Waals surface area contributed by atoms with Crippen LogP contribution in [0, 0.1) is 43.3 Å². The number of rotatable bonds is 57. The number of aliphatic carboxylic acids is 1. The van der Waals surface area contributed by atoms with E-state index in [0.29, 0.717) is 16.0 Å². The van der Waals surface area contributed by atoms with Crippen LogP contribution in [0.4, 0.5) is 4.79 Å². The zero-order valence-electron chi connectivity index (χ0n) is 67.3. The van der Waals surface area contributed by atoms with E-state index < -0.39 is 198 Å². The number of carboxylic acids is 1. The number of imide groups is 1. The highest BCUT2D eigenvalue weighted by atomic mass is 16.5. The minimum absolute atomic E-state index is 0.00136. The first kappa shape index (κ1) is 101. The molecule has 1 heterocycles. The SMILES string of the molecule is C[C@H](NC(=O)CCC(=O)OCN1C(=O)NC(c2ccccc2)(c2ccccc2)C1=O)C(=O)N[C@@H](CCCNC(=N)N)C(=O)N[C@@H](CCCNC(=N)N)C(=O)N[C@@H](CCCNC(=N)N)C(=O)N[C@@H](CCCNC(=N)N)C(=O)N[C@@H](CCCNC(=N)N)C(=O)N[C@@H](CCCNC(=N)N)C(=O)N[C@@H](CCCNC(=N)N)C(=O)N[C@@H](CCCNC(=N)N)C(=O)O. The lowest BCUT2D eigenvalue weighted by Crippen LogP contribution is -2.60. The second-order valence-electron chi connectivity index (χ2n) is 27.8. The van der Waals surface area contributed by atoms with Crippen LogP contribution in [0.1, 0.15) is 134 Å². The van der Waals surface area contributed by atoms with Crippen LogP contribution in [0.3, 0.4) is 0 Å². The fourth-order valence-electron chi connectivity index (χ4n) is 12.0. The fraction of sp³-hybridized carbons (Fsp3) is 0.535. The summed E-state index contributed by atoms with van der Waals surface area (Å²) < 4.78 is 5.29. The summed E-state index contributed by atoms with van der Waals surface area (Å²) in [5.41, 5.74) is 43.3. The lowest BCUT2D eigenvalue weighted by Gasteiger charge is -2.28. The van der Waals surface area contributed by atoms with Gasteiger partial charge < -0.3 is 151 Å². The Morgan fingerprint density at radius 2 is 0.595 bits per heavy atom. The van der Waals surface area contributed by atoms with Crippen molar-refractivity contribution in [3.8, 4) is 0 Å². The van der Waals surface area contributed by atoms with Gasteiger partial charge in [-0.05, 0) is 121 Å². The van der Waals surface area contributed by atoms with Crippen LogP contribution < -0.4 is 142 Å². The maximum atomic E-state index is 15.0. The molecule has 3 rings (SSSR count). The molecule has 1 saturated heterocycles. The van der Waals surface area contributed by atoms with Crippen LogP contribution in [0.25, 0.3) is 0 Å². The number of hydrogen-bond donors (Lipinski definition) is 35. The van der Waals surface area contributed by atoms with Gasteiger partial charge in [-0.2, -0.15) is 0 Å². The van der Waals surface area contributed by atoms with E-state index in [2.05, 4.69) is 95.7 Å². The normalized spacial score (nSPS) is 14.0. The van der Waals surface area contributed by atoms with Crippen molar-refractivity contribution in [2.24, 2.45) is 45.9 Å². The quantitative estimate of drug-likeness (QED) is 0.00961. The lowest BCUT2D eigenvalue weighted by atomic mass is 9.83. The smallest absolute Gasteiger partial charge is 0.328 e. The van der Waals surface area contributed by atoms with Crippen molar-refractivity contribution in [1.29, 1.82) is 43.3 Å². The number of amides is 12. The molecule has 43 N–H and O–H groups in total. The van der Waals surface area contributed by atoms with Crippen LogP contribution >= 0.6 is 0 Å². The number of carbonyl (C=O) groups is 13. The van der Waals surface area contributed by atoms with Gasteiger partial charge in [0.05, 0.1) is 6.42 Å². The van der Waals surface area contributed by atoms with Gasteiger partial charge in [-0.1, -0.05) is 60.7 Å². The zero-order valence-corrected chi connectivity index (χ0v) is 67.3. The highest BCUT2D eigenvalue weighted by Crippen LogP contribution is 2.36. The number of hydrogen-bond acceptors (Lipinski definition) is 22. The molecule has 1 aliphatic rings. The summed E-state index contributed by atoms with van der Waals surface area (Å²) >= 11 is 0. The highest BCUT2D eigenvalue weighted by Gasteiger charge is 2.54. The molecular weight excluding hydrogens is 1580 g/mol. The van der Waals surface area contributed by atoms with Crippen molar-refractivity contribution < 1.29 is 72.2 Å². The van der Waals surface area contributed by atoms with Crippen molar-refractivity contribution in [3.05, 3.63) is 71.8 Å². The van der Waals surface area contributed by atoms with Crippen LogP contribution in [-0.2, 0) is 67.8 Å². The van der Waals surface area contributed by atoms with E-state index in [4.69, 9.17) is 93.9 Å². The molecule has 0 unspecified atom stereocenters. The third kappa shape index (κ3) is 39.0. The molecule has 2 aromatic rings. The molecule has 0 radical (unpaired) electrons. The minimum atomic E-state index is -1.66. The van der Waals surface area contributed by atoms with Crippen LogP contribution in [0.2, 0.25) is 0 Å². The molecule has 12 amide bonds. The number of carboxylic acid groups (broad SMARTS) is 1. The molecule has 0 aliphatic carbocycles. The maximum Gasteiger partial charge on any atom is 0.328 e. The van der Waals surface area contributed by atoms with Crippen LogP contribution in [0.5, 0.6) is 0 Å². The topological polar surface area (TPSA) is 870 Å². The molecule has 0 saturated carbocycles. The van der Waals surface area contributed by atoms with Gasteiger partial charge in [0.25, 0.3) is 5.91 Å². The second-order valence-corrected chi connectivity index (χ2v) is 27.8. The molecule has 2 aromatic carbocycles. The number of esters is 1. The first-order valence-corrected chi connectivity index (χ1v) is 38.8. The molecule has 50 heteroatoms. The average Bonchev–Trinajstić information content (AvgIpc) is 1.64. The van der Waals surface area contributed by atoms with Gasteiger partial charge in [-0.25, -0.2) is 14.5 Å². The summed E-state index contributed by atoms with van der Waals surface area (Å²) in [6.07, 6.45) is -2.85. The summed E-state index contributed by atoms with van der Waals surface area (Å²) in [7, 11) is 0. The Kier molecular flexibility index (Phi) is 44.9. The number of nitrogens with two attached hydrogens (primary N) is 8. The molecule has 668 valence electrons. The van der Waals surface area contributed by atoms with Gasteiger partial charge in [0.2, 0.25) is 53.2 Å². The molecule has 1 aliphatic heterocycles. The largest absolute Gasteiger partial charge is 0.480 e. The highest BCUT2D eigenvalue weighted by molar-refractivity contribution is 6.10. The first-order valence-electron chi connectivity index (χ1n) is 38.8. The van der Waals surface area contributed by atoms with Crippen molar-refractivity contribution in [1.82, 2.24) is 101 Å². The standard InChI is InChI=1S/C71H119N35O15/c1-39(96-50(107)28-29-51(108)121-38-106-61(119)71(105-70(106)120,40-16-4-2-5-17-40)41-18-6-3-7-19-41)52(109)97-42(20-8-30-88-62(72)73)53(110)98-43(21-9-31-89-63(74)75)54(111)99-44(22-10-32-90-64(76)77)55(112)100-45(23-11-33-91-65(78)79)56(113)101-46(24-12-34-92-66(80)81)57(114)102-47(25-13-35-93-67(82)83)58(115)103-48(26-14-36-94-68(84)85)59(116)104-49(60(117)118)27-15-37-95-69(86)87/h2-7,16-19,39,42-49H,8-15,20-38H2,1H3,(H,96,107)(H,97,109)(H,98,110)(H,99,111)(H,100,112)(H,101,113)(H,102,114)(H,103,115)(H,104,116)(H,105,120)(H,117,118)(H4,72,73,88)(H4,74,75,89)(H4,76,77,90)(H4,78,79,91)(H4,80,81,92)(H4,82,83,93)(H4,84,85,94)(H4,86,87,95)/t39-,42-,43-,44-,45-,46-,47-,48-,49-/m0/s1. The van der Waals surface area contributed by atoms with Gasteiger partial charge in [0, 0.05) is 58.8 Å². The van der Waals surface area contributed by atoms with Crippen LogP contribution in [0.15, 0.2) is 60.7 Å². The first-order chi connectivity index (χ1) is 57.3. The van der Waals surface area contributed by atoms with E-state index in [1.165, 1.54) is 6.92 Å². The number of guanidine groups is 8. The lowest BCUT2D eigenvalue weighted by molar-refractivity contribution is -0.151. The van der Waals surface area contributed by atoms with E-state index in [-0.39, 0.29) is 161 Å². The predicted octanol–water partition coefficient (Wildman–Crippen LogP) is -8.66. The molecule has 50 nitrogen and oxygen atoms in total. The van der Waals surface area contributed by atoms with E-state index in [1.807, 2.05) is 0 Å². The Hall–Kier alpha value is -14.3. The molecule has 0 spiro atoms. The van der Waals surface area contributed by atoms with Gasteiger partial charge in [-0.3, -0.25) is 96.0 Å². The third-order valence-electron chi connectivity index (χ3n) is 18.1. The van der Waals surface area contributed by atoms with Gasteiger partial charge >= 0.3 is 18.0 Å². The van der Waals surface area contributed by atoms with Crippen LogP contribution in [-0.4, -0.2) is 248 Å². The second kappa shape index (κ2) is 53.8. The Morgan fingerprint density at radius 1 is 0.364 bits per heavy atom. The Morgan fingerprint density at radius 3 is 0.835 bits per heavy atom. The molecule has 9 atom stereocenters. The van der Waals surface area contributed by atoms with Gasteiger partial charge in [0.15, 0.2) is 59.9 Å². The Bertz CT molecular complexity index is 3880. The zero-order chi connectivity index (χ0) is 90.2. The Labute approximate surface area is 697 Å². The summed E-state index contributed by atoms with van der Waals surface area (Å²) in [5, 5.41) is 118. The summed E-state index contributed by atoms with van der Waals surface area (Å²) in [5.74, 6) is -15.6. The van der Waals surface area contributed by atoms with E-state index in [9.17, 15) is 67.4 Å². The van der Waals surface area contributed by atoms with Gasteiger partial charge in [0.1, 0.15) is 54.4 Å². The van der Waals surface area contributed by atoms with E-state index in [0.717, 1.165) is 0 Å².